The first-order chi connectivity index (χ1) is 6.77. The third-order valence-corrected chi connectivity index (χ3v) is 3.12. The maximum Gasteiger partial charge on any atom is 0.314 e. The van der Waals surface area contributed by atoms with Gasteiger partial charge < -0.3 is 16.4 Å². The van der Waals surface area contributed by atoms with Gasteiger partial charge in [-0.2, -0.15) is 0 Å². The molecule has 0 saturated heterocycles. The Morgan fingerprint density at radius 1 is 1.36 bits per heavy atom. The van der Waals surface area contributed by atoms with Crippen molar-refractivity contribution < 1.29 is 4.79 Å². The maximum atomic E-state index is 11.0. The molecule has 1 saturated carbocycles. The van der Waals surface area contributed by atoms with Crippen molar-refractivity contribution in [3.63, 3.8) is 0 Å². The zero-order chi connectivity index (χ0) is 10.4. The average molecular weight is 199 g/mol. The quantitative estimate of drug-likeness (QED) is 0.625. The van der Waals surface area contributed by atoms with Crippen molar-refractivity contribution in [3.8, 4) is 0 Å². The van der Waals surface area contributed by atoms with E-state index in [0.29, 0.717) is 11.8 Å². The zero-order valence-corrected chi connectivity index (χ0v) is 8.88. The third kappa shape index (κ3) is 3.18. The van der Waals surface area contributed by atoms with Gasteiger partial charge in [0.1, 0.15) is 0 Å². The van der Waals surface area contributed by atoms with E-state index in [1.165, 1.54) is 25.7 Å². The van der Waals surface area contributed by atoms with Gasteiger partial charge in [0, 0.05) is 13.6 Å². The number of amides is 2. The number of carbonyl (C=O) groups is 1. The first kappa shape index (κ1) is 11.3. The van der Waals surface area contributed by atoms with Gasteiger partial charge in [0.25, 0.3) is 0 Å². The van der Waals surface area contributed by atoms with Gasteiger partial charge in [0.05, 0.1) is 0 Å². The van der Waals surface area contributed by atoms with E-state index in [4.69, 9.17) is 5.73 Å². The Morgan fingerprint density at radius 3 is 2.57 bits per heavy atom. The standard InChI is InChI=1S/C10H21N3O/c1-12-10(14)13-7-9-5-3-2-4-8(9)6-11/h8-9H,2-7,11H2,1H3,(H2,12,13,14). The summed E-state index contributed by atoms with van der Waals surface area (Å²) < 4.78 is 0. The van der Waals surface area contributed by atoms with Crippen molar-refractivity contribution in [2.45, 2.75) is 25.7 Å². The number of rotatable bonds is 3. The molecule has 4 heteroatoms. The lowest BCUT2D eigenvalue weighted by molar-refractivity contribution is 0.220. The van der Waals surface area contributed by atoms with Gasteiger partial charge in [0.15, 0.2) is 0 Å². The highest BCUT2D eigenvalue weighted by atomic mass is 16.2. The Balaban J connectivity index is 2.29. The lowest BCUT2D eigenvalue weighted by Gasteiger charge is -2.30. The van der Waals surface area contributed by atoms with Crippen molar-refractivity contribution in [2.24, 2.45) is 17.6 Å². The van der Waals surface area contributed by atoms with Gasteiger partial charge in [-0.3, -0.25) is 0 Å². The van der Waals surface area contributed by atoms with Crippen molar-refractivity contribution in [1.29, 1.82) is 0 Å². The first-order valence-electron chi connectivity index (χ1n) is 5.43. The second-order valence-corrected chi connectivity index (χ2v) is 4.00. The van der Waals surface area contributed by atoms with Gasteiger partial charge >= 0.3 is 6.03 Å². The smallest absolute Gasteiger partial charge is 0.314 e. The number of hydrogen-bond acceptors (Lipinski definition) is 2. The molecule has 1 aliphatic rings. The average Bonchev–Trinajstić information content (AvgIpc) is 2.26. The van der Waals surface area contributed by atoms with Gasteiger partial charge in [-0.25, -0.2) is 4.79 Å². The molecule has 0 aromatic carbocycles. The highest BCUT2D eigenvalue weighted by Crippen LogP contribution is 2.28. The minimum Gasteiger partial charge on any atom is -0.341 e. The van der Waals surface area contributed by atoms with E-state index in [0.717, 1.165) is 13.1 Å². The van der Waals surface area contributed by atoms with Crippen LogP contribution in [-0.4, -0.2) is 26.2 Å². The number of carbonyl (C=O) groups excluding carboxylic acids is 1. The molecule has 14 heavy (non-hydrogen) atoms. The molecule has 0 aromatic rings. The van der Waals surface area contributed by atoms with Crippen LogP contribution in [0.15, 0.2) is 0 Å². The van der Waals surface area contributed by atoms with Crippen LogP contribution in [0, 0.1) is 11.8 Å². The summed E-state index contributed by atoms with van der Waals surface area (Å²) in [4.78, 5) is 11.0. The van der Waals surface area contributed by atoms with Crippen LogP contribution in [0.4, 0.5) is 4.79 Å². The number of nitrogens with two attached hydrogens (primary N) is 1. The molecule has 0 aliphatic heterocycles. The summed E-state index contributed by atoms with van der Waals surface area (Å²) in [7, 11) is 1.64. The van der Waals surface area contributed by atoms with Crippen molar-refractivity contribution in [1.82, 2.24) is 10.6 Å². The topological polar surface area (TPSA) is 67.2 Å². The van der Waals surface area contributed by atoms with Crippen LogP contribution in [0.1, 0.15) is 25.7 Å². The number of nitrogens with one attached hydrogen (secondary N) is 2. The molecule has 1 fully saturated rings. The maximum absolute atomic E-state index is 11.0. The van der Waals surface area contributed by atoms with E-state index >= 15 is 0 Å². The summed E-state index contributed by atoms with van der Waals surface area (Å²) in [6.07, 6.45) is 4.98. The van der Waals surface area contributed by atoms with Gasteiger partial charge in [-0.15, -0.1) is 0 Å². The summed E-state index contributed by atoms with van der Waals surface area (Å²) >= 11 is 0. The Hall–Kier alpha value is -0.770. The van der Waals surface area contributed by atoms with Crippen LogP contribution in [0.5, 0.6) is 0 Å². The first-order valence-corrected chi connectivity index (χ1v) is 5.43. The number of urea groups is 1. The largest absolute Gasteiger partial charge is 0.341 e. The van der Waals surface area contributed by atoms with Gasteiger partial charge in [0.2, 0.25) is 0 Å². The fourth-order valence-corrected chi connectivity index (χ4v) is 2.18. The van der Waals surface area contributed by atoms with Crippen LogP contribution in [0.3, 0.4) is 0 Å². The molecule has 82 valence electrons. The van der Waals surface area contributed by atoms with Gasteiger partial charge in [-0.05, 0) is 31.2 Å². The highest BCUT2D eigenvalue weighted by Gasteiger charge is 2.23. The summed E-state index contributed by atoms with van der Waals surface area (Å²) in [6.45, 7) is 1.52. The molecular formula is C10H21N3O. The predicted molar refractivity (Wildman–Crippen MR) is 57.0 cm³/mol. The molecule has 0 bridgehead atoms. The summed E-state index contributed by atoms with van der Waals surface area (Å²) in [6, 6.07) is -0.0913. The molecule has 0 spiro atoms. The minimum absolute atomic E-state index is 0.0913. The van der Waals surface area contributed by atoms with E-state index in [2.05, 4.69) is 10.6 Å². The monoisotopic (exact) mass is 199 g/mol. The highest BCUT2D eigenvalue weighted by molar-refractivity contribution is 5.73. The molecule has 2 atom stereocenters. The Morgan fingerprint density at radius 2 is 2.00 bits per heavy atom. The summed E-state index contributed by atoms with van der Waals surface area (Å²) in [5, 5.41) is 5.42. The lowest BCUT2D eigenvalue weighted by atomic mass is 9.79. The van der Waals surface area contributed by atoms with Crippen LogP contribution in [-0.2, 0) is 0 Å². The zero-order valence-electron chi connectivity index (χ0n) is 8.88. The summed E-state index contributed by atoms with van der Waals surface area (Å²) in [5.41, 5.74) is 5.70. The normalized spacial score (nSPS) is 27.0. The second-order valence-electron chi connectivity index (χ2n) is 4.00. The van der Waals surface area contributed by atoms with E-state index in [1.54, 1.807) is 7.05 Å². The van der Waals surface area contributed by atoms with Gasteiger partial charge in [-0.1, -0.05) is 12.8 Å². The Bertz CT molecular complexity index is 184. The molecule has 2 amide bonds. The van der Waals surface area contributed by atoms with Crippen LogP contribution >= 0.6 is 0 Å². The molecule has 0 aromatic heterocycles. The molecule has 4 N–H and O–H groups in total. The third-order valence-electron chi connectivity index (χ3n) is 3.12. The molecule has 0 radical (unpaired) electrons. The Labute approximate surface area is 85.6 Å². The van der Waals surface area contributed by atoms with Crippen molar-refractivity contribution in [2.75, 3.05) is 20.1 Å². The SMILES string of the molecule is CNC(=O)NCC1CCCCC1CN. The fourth-order valence-electron chi connectivity index (χ4n) is 2.18. The molecule has 1 rings (SSSR count). The lowest BCUT2D eigenvalue weighted by Crippen LogP contribution is -2.40. The predicted octanol–water partition coefficient (Wildman–Crippen LogP) is 0.680. The van der Waals surface area contributed by atoms with Crippen LogP contribution < -0.4 is 16.4 Å². The fraction of sp³-hybridized carbons (Fsp3) is 0.900. The van der Waals surface area contributed by atoms with E-state index in [1.807, 2.05) is 0 Å². The molecular weight excluding hydrogens is 178 g/mol. The molecule has 2 unspecified atom stereocenters. The van der Waals surface area contributed by atoms with Crippen LogP contribution in [0.2, 0.25) is 0 Å². The second kappa shape index (κ2) is 5.86. The molecule has 0 heterocycles. The summed E-state index contributed by atoms with van der Waals surface area (Å²) in [5.74, 6) is 1.17. The molecule has 4 nitrogen and oxygen atoms in total. The number of hydrogen-bond donors (Lipinski definition) is 3. The van der Waals surface area contributed by atoms with E-state index in [-0.39, 0.29) is 6.03 Å². The van der Waals surface area contributed by atoms with Crippen molar-refractivity contribution in [3.05, 3.63) is 0 Å². The van der Waals surface area contributed by atoms with E-state index in [9.17, 15) is 4.79 Å². The minimum atomic E-state index is -0.0913. The van der Waals surface area contributed by atoms with Crippen LogP contribution in [0.25, 0.3) is 0 Å². The Kier molecular flexibility index (Phi) is 4.73. The molecule has 1 aliphatic carbocycles. The van der Waals surface area contributed by atoms with E-state index < -0.39 is 0 Å². The van der Waals surface area contributed by atoms with Crippen molar-refractivity contribution >= 4 is 6.03 Å².